The molecular formula is C28H20N2O3. The zero-order valence-electron chi connectivity index (χ0n) is 17.9. The fourth-order valence-electron chi connectivity index (χ4n) is 3.50. The maximum absolute atomic E-state index is 12.2. The summed E-state index contributed by atoms with van der Waals surface area (Å²) in [5.74, 6) is 0.732. The lowest BCUT2D eigenvalue weighted by Crippen LogP contribution is -2.08. The summed E-state index contributed by atoms with van der Waals surface area (Å²) in [5.41, 5.74) is 4.01. The molecule has 5 heteroatoms. The summed E-state index contributed by atoms with van der Waals surface area (Å²) in [7, 11) is 0. The number of hydrogen-bond acceptors (Lipinski definition) is 5. The smallest absolute Gasteiger partial charge is 0.345 e. The van der Waals surface area contributed by atoms with E-state index in [-0.39, 0.29) is 0 Å². The van der Waals surface area contributed by atoms with Gasteiger partial charge < -0.3 is 9.15 Å². The van der Waals surface area contributed by atoms with Crippen molar-refractivity contribution in [3.63, 3.8) is 0 Å². The van der Waals surface area contributed by atoms with E-state index in [2.05, 4.69) is 11.1 Å². The van der Waals surface area contributed by atoms with Crippen LogP contribution in [0.3, 0.4) is 0 Å². The quantitative estimate of drug-likeness (QED) is 0.249. The summed E-state index contributed by atoms with van der Waals surface area (Å²) in [6, 6.07) is 28.4. The van der Waals surface area contributed by atoms with Gasteiger partial charge in [-0.2, -0.15) is 0 Å². The third-order valence-electron chi connectivity index (χ3n) is 5.15. The first-order valence-corrected chi connectivity index (χ1v) is 10.5. The zero-order chi connectivity index (χ0) is 22.6. The molecule has 0 saturated carbocycles. The van der Waals surface area contributed by atoms with Crippen LogP contribution in [0.4, 0.5) is 5.69 Å². The van der Waals surface area contributed by atoms with Gasteiger partial charge in [-0.05, 0) is 55.5 Å². The van der Waals surface area contributed by atoms with E-state index in [0.29, 0.717) is 11.3 Å². The lowest BCUT2D eigenvalue weighted by molar-refractivity contribution is 0.0734. The third kappa shape index (κ3) is 4.57. The summed E-state index contributed by atoms with van der Waals surface area (Å²) in [4.78, 5) is 21.1. The Morgan fingerprint density at radius 1 is 0.909 bits per heavy atom. The fraction of sp³-hybridized carbons (Fsp3) is 0.0357. The maximum Gasteiger partial charge on any atom is 0.345 e. The van der Waals surface area contributed by atoms with Gasteiger partial charge in [0.2, 0.25) is 0 Å². The van der Waals surface area contributed by atoms with E-state index in [4.69, 9.17) is 14.1 Å². The van der Waals surface area contributed by atoms with E-state index in [0.717, 1.165) is 38.9 Å². The molecule has 0 fully saturated rings. The molecule has 5 rings (SSSR count). The predicted molar refractivity (Wildman–Crippen MR) is 127 cm³/mol. The number of carbonyl (C=O) groups is 1. The lowest BCUT2D eigenvalue weighted by atomic mass is 10.1. The molecule has 0 aliphatic heterocycles. The Kier molecular flexibility index (Phi) is 5.52. The molecule has 0 aliphatic carbocycles. The van der Waals surface area contributed by atoms with Crippen molar-refractivity contribution < 1.29 is 13.9 Å². The van der Waals surface area contributed by atoms with Gasteiger partial charge in [-0.3, -0.25) is 4.98 Å². The highest BCUT2D eigenvalue weighted by molar-refractivity contribution is 5.90. The van der Waals surface area contributed by atoms with Crippen LogP contribution in [0.1, 0.15) is 15.9 Å². The van der Waals surface area contributed by atoms with Crippen molar-refractivity contribution in [2.24, 2.45) is 4.99 Å². The number of nitrogens with zero attached hydrogens (tertiary/aromatic N) is 2. The lowest BCUT2D eigenvalue weighted by Gasteiger charge is -2.06. The minimum absolute atomic E-state index is 0.398. The van der Waals surface area contributed by atoms with Gasteiger partial charge in [-0.15, -0.1) is 0 Å². The second-order valence-electron chi connectivity index (χ2n) is 7.60. The van der Waals surface area contributed by atoms with E-state index in [1.165, 1.54) is 6.20 Å². The van der Waals surface area contributed by atoms with Gasteiger partial charge in [0, 0.05) is 29.4 Å². The van der Waals surface area contributed by atoms with Gasteiger partial charge in [-0.1, -0.05) is 42.0 Å². The van der Waals surface area contributed by atoms with E-state index >= 15 is 0 Å². The van der Waals surface area contributed by atoms with Gasteiger partial charge in [-0.25, -0.2) is 9.79 Å². The Morgan fingerprint density at radius 2 is 1.73 bits per heavy atom. The standard InChI is InChI=1S/C28H20N2O3/c1-19-9-14-26-24(16-19)25(17-27(33-26)20-6-3-2-4-7-20)30-22-10-12-23(13-11-22)32-28(31)21-8-5-15-29-18-21/h2-18H,1H3. The molecule has 0 N–H and O–H groups in total. The van der Waals surface area contributed by atoms with Gasteiger partial charge in [0.05, 0.1) is 16.6 Å². The molecule has 5 aromatic rings. The Hall–Kier alpha value is -4.51. The van der Waals surface area contributed by atoms with Gasteiger partial charge in [0.1, 0.15) is 17.1 Å². The highest BCUT2D eigenvalue weighted by atomic mass is 16.5. The van der Waals surface area contributed by atoms with Gasteiger partial charge in [0.25, 0.3) is 0 Å². The summed E-state index contributed by atoms with van der Waals surface area (Å²) < 4.78 is 11.6. The van der Waals surface area contributed by atoms with E-state index in [9.17, 15) is 4.79 Å². The fourth-order valence-corrected chi connectivity index (χ4v) is 3.50. The zero-order valence-corrected chi connectivity index (χ0v) is 17.9. The molecule has 0 unspecified atom stereocenters. The van der Waals surface area contributed by atoms with Gasteiger partial charge >= 0.3 is 5.97 Å². The molecule has 160 valence electrons. The average molecular weight is 432 g/mol. The van der Waals surface area contributed by atoms with Crippen molar-refractivity contribution in [1.29, 1.82) is 0 Å². The largest absolute Gasteiger partial charge is 0.456 e. The highest BCUT2D eigenvalue weighted by Crippen LogP contribution is 2.24. The summed E-state index contributed by atoms with van der Waals surface area (Å²) >= 11 is 0. The van der Waals surface area contributed by atoms with E-state index < -0.39 is 5.97 Å². The number of aromatic nitrogens is 1. The second kappa shape index (κ2) is 8.93. The first-order valence-electron chi connectivity index (χ1n) is 10.5. The molecule has 0 bridgehead atoms. The van der Waals surface area contributed by atoms with Crippen molar-refractivity contribution >= 4 is 22.6 Å². The molecule has 33 heavy (non-hydrogen) atoms. The first kappa shape index (κ1) is 20.4. The third-order valence-corrected chi connectivity index (χ3v) is 5.15. The molecular weight excluding hydrogens is 412 g/mol. The first-order chi connectivity index (χ1) is 16.2. The summed E-state index contributed by atoms with van der Waals surface area (Å²) in [6.07, 6.45) is 3.09. The number of carbonyl (C=O) groups excluding carboxylic acids is 1. The Morgan fingerprint density at radius 3 is 2.48 bits per heavy atom. The summed E-state index contributed by atoms with van der Waals surface area (Å²) in [6.45, 7) is 2.04. The minimum Gasteiger partial charge on any atom is -0.456 e. The molecule has 3 aromatic carbocycles. The van der Waals surface area contributed by atoms with Gasteiger partial charge in [0.15, 0.2) is 0 Å². The predicted octanol–water partition coefficient (Wildman–Crippen LogP) is 6.25. The average Bonchev–Trinajstić information content (AvgIpc) is 2.86. The normalized spacial score (nSPS) is 11.5. The van der Waals surface area contributed by atoms with Crippen LogP contribution in [-0.2, 0) is 0 Å². The number of rotatable bonds is 4. The molecule has 0 spiro atoms. The van der Waals surface area contributed by atoms with E-state index in [1.54, 1.807) is 30.5 Å². The Labute approximate surface area is 190 Å². The molecule has 2 aromatic heterocycles. The van der Waals surface area contributed by atoms with Crippen LogP contribution in [0, 0.1) is 6.92 Å². The van der Waals surface area contributed by atoms with Crippen molar-refractivity contribution in [1.82, 2.24) is 4.98 Å². The molecule has 0 aliphatic rings. The number of benzene rings is 3. The topological polar surface area (TPSA) is 64.7 Å². The Bertz CT molecular complexity index is 1490. The number of esters is 1. The van der Waals surface area contributed by atoms with Crippen LogP contribution in [0.15, 0.2) is 113 Å². The minimum atomic E-state index is -0.452. The number of hydrogen-bond donors (Lipinski definition) is 0. The molecule has 0 amide bonds. The monoisotopic (exact) mass is 432 g/mol. The van der Waals surface area contributed by atoms with Crippen LogP contribution in [0.25, 0.3) is 22.3 Å². The maximum atomic E-state index is 12.2. The van der Waals surface area contributed by atoms with Crippen molar-refractivity contribution in [2.75, 3.05) is 0 Å². The second-order valence-corrected chi connectivity index (χ2v) is 7.60. The number of fused-ring (bicyclic) bond motifs is 1. The molecule has 0 atom stereocenters. The molecule has 5 nitrogen and oxygen atoms in total. The van der Waals surface area contributed by atoms with Crippen molar-refractivity contribution in [3.05, 3.63) is 120 Å². The highest BCUT2D eigenvalue weighted by Gasteiger charge is 2.09. The number of ether oxygens (including phenoxy) is 1. The number of aryl methyl sites for hydroxylation is 1. The number of pyridine rings is 1. The van der Waals surface area contributed by atoms with Crippen molar-refractivity contribution in [2.45, 2.75) is 6.92 Å². The van der Waals surface area contributed by atoms with Crippen LogP contribution in [0.5, 0.6) is 5.75 Å². The SMILES string of the molecule is Cc1ccc2oc(-c3ccccc3)cc(=Nc3ccc(OC(=O)c4cccnc4)cc3)c2c1. The summed E-state index contributed by atoms with van der Waals surface area (Å²) in [5, 5.41) is 1.74. The molecule has 2 heterocycles. The van der Waals surface area contributed by atoms with Crippen LogP contribution < -0.4 is 10.1 Å². The molecule has 0 radical (unpaired) electrons. The van der Waals surface area contributed by atoms with E-state index in [1.807, 2.05) is 67.6 Å². The van der Waals surface area contributed by atoms with Crippen LogP contribution >= 0.6 is 0 Å². The van der Waals surface area contributed by atoms with Crippen LogP contribution in [0.2, 0.25) is 0 Å². The van der Waals surface area contributed by atoms with Crippen molar-refractivity contribution in [3.8, 4) is 17.1 Å². The molecule has 0 saturated heterocycles. The van der Waals surface area contributed by atoms with Crippen LogP contribution in [-0.4, -0.2) is 11.0 Å². The Balaban J connectivity index is 1.51.